The van der Waals surface area contributed by atoms with Gasteiger partial charge in [0.1, 0.15) is 0 Å². The van der Waals surface area contributed by atoms with E-state index in [9.17, 15) is 0 Å². The molecule has 0 amide bonds. The van der Waals surface area contributed by atoms with E-state index in [2.05, 4.69) is 20.8 Å². The quantitative estimate of drug-likeness (QED) is 0.265. The number of hydrogen-bond acceptors (Lipinski definition) is 0. The Morgan fingerprint density at radius 2 is 0.345 bits per heavy atom. The van der Waals surface area contributed by atoms with Crippen LogP contribution < -0.4 is 0 Å². The molecule has 0 heteroatoms. The van der Waals surface area contributed by atoms with Gasteiger partial charge in [-0.1, -0.05) is 286 Å². The topological polar surface area (TPSA) is 0 Å². The summed E-state index contributed by atoms with van der Waals surface area (Å²) in [6.45, 7) is 15.4. The maximum absolute atomic E-state index is 2.47. The molecule has 0 radical (unpaired) electrons. The van der Waals surface area contributed by atoms with Gasteiger partial charge < -0.3 is 0 Å². The highest BCUT2D eigenvalue weighted by atomic mass is 14.4. The van der Waals surface area contributed by atoms with Gasteiger partial charge in [0.05, 0.1) is 0 Å². The van der Waals surface area contributed by atoms with Crippen LogP contribution in [0.25, 0.3) is 0 Å². The van der Waals surface area contributed by atoms with Gasteiger partial charge in [0.15, 0.2) is 0 Å². The summed E-state index contributed by atoms with van der Waals surface area (Å²) in [5.41, 5.74) is 0. The van der Waals surface area contributed by atoms with E-state index in [1.807, 2.05) is 27.7 Å². The van der Waals surface area contributed by atoms with Crippen molar-refractivity contribution in [3.05, 3.63) is 0 Å². The summed E-state index contributed by atoms with van der Waals surface area (Å²) in [5.74, 6) is 11.9. The summed E-state index contributed by atoms with van der Waals surface area (Å²) in [7, 11) is 0. The molecular formula is C58H112. The zero-order valence-corrected chi connectivity index (χ0v) is 41.6. The number of rotatable bonds is 4. The molecule has 0 spiro atoms. The Morgan fingerprint density at radius 3 is 0.603 bits per heavy atom. The van der Waals surface area contributed by atoms with E-state index in [-0.39, 0.29) is 0 Å². The van der Waals surface area contributed by atoms with Gasteiger partial charge in [-0.3, -0.25) is 0 Å². The van der Waals surface area contributed by atoms with Crippen molar-refractivity contribution in [1.82, 2.24) is 0 Å². The van der Waals surface area contributed by atoms with Crippen LogP contribution in [-0.4, -0.2) is 0 Å². The molecule has 0 bridgehead atoms. The van der Waals surface area contributed by atoms with Crippen LogP contribution in [0.3, 0.4) is 0 Å². The maximum atomic E-state index is 2.47. The molecule has 0 aromatic heterocycles. The zero-order valence-electron chi connectivity index (χ0n) is 41.6. The van der Waals surface area contributed by atoms with Crippen LogP contribution in [0.2, 0.25) is 0 Å². The van der Waals surface area contributed by atoms with Gasteiger partial charge in [-0.05, 0) is 84.4 Å². The standard InChI is InChI=1S/C20H36.2C17H32.2C2H6/c1-16-7-5-11-17(12-6-8-16)19-9-3-2-4-10-20(15-19)18-13-14-18;2*1-15-9-7-13-17(14-8-10-15)16-11-5-3-2-4-6-12-16;2*1-2/h16-20H,2-15H2,1H3;2*15-17H,2-14H2,1H3;2*1-2H3. The first-order valence-electron chi connectivity index (χ1n) is 28.5. The molecule has 0 aliphatic heterocycles. The average molecular weight is 810 g/mol. The van der Waals surface area contributed by atoms with E-state index in [0.717, 1.165) is 65.1 Å². The lowest BCUT2D eigenvalue weighted by atomic mass is 9.72. The lowest BCUT2D eigenvalue weighted by molar-refractivity contribution is 0.173. The maximum Gasteiger partial charge on any atom is -0.0383 e. The van der Waals surface area contributed by atoms with Gasteiger partial charge >= 0.3 is 0 Å². The summed E-state index contributed by atoms with van der Waals surface area (Å²) in [4.78, 5) is 0. The van der Waals surface area contributed by atoms with Crippen LogP contribution in [0, 0.1) is 65.1 Å². The predicted octanol–water partition coefficient (Wildman–Crippen LogP) is 20.5. The van der Waals surface area contributed by atoms with Crippen molar-refractivity contribution in [2.45, 2.75) is 305 Å². The van der Waals surface area contributed by atoms with Crippen molar-refractivity contribution in [2.24, 2.45) is 65.1 Å². The summed E-state index contributed by atoms with van der Waals surface area (Å²) in [6.07, 6.45) is 61.4. The molecule has 7 rings (SSSR count). The molecule has 0 saturated heterocycles. The van der Waals surface area contributed by atoms with Crippen LogP contribution in [0.5, 0.6) is 0 Å². The highest BCUT2D eigenvalue weighted by Crippen LogP contribution is 2.47. The molecule has 0 aromatic carbocycles. The molecule has 58 heavy (non-hydrogen) atoms. The molecule has 0 nitrogen and oxygen atoms in total. The summed E-state index contributed by atoms with van der Waals surface area (Å²) < 4.78 is 0. The normalized spacial score (nSPS) is 34.6. The van der Waals surface area contributed by atoms with Crippen molar-refractivity contribution in [1.29, 1.82) is 0 Å². The van der Waals surface area contributed by atoms with Gasteiger partial charge in [0, 0.05) is 0 Å². The summed E-state index contributed by atoms with van der Waals surface area (Å²) in [5, 5.41) is 0. The van der Waals surface area contributed by atoms with E-state index in [0.29, 0.717) is 0 Å². The Hall–Kier alpha value is 0. The Labute approximate surface area is 369 Å². The lowest BCUT2D eigenvalue weighted by Crippen LogP contribution is -2.22. The van der Waals surface area contributed by atoms with Crippen molar-refractivity contribution >= 4 is 0 Å². The van der Waals surface area contributed by atoms with Gasteiger partial charge in [0.25, 0.3) is 0 Å². The molecule has 2 unspecified atom stereocenters. The number of hydrogen-bond donors (Lipinski definition) is 0. The van der Waals surface area contributed by atoms with Gasteiger partial charge in [-0.15, -0.1) is 0 Å². The van der Waals surface area contributed by atoms with Crippen molar-refractivity contribution < 1.29 is 0 Å². The van der Waals surface area contributed by atoms with Crippen molar-refractivity contribution in [3.8, 4) is 0 Å². The Bertz CT molecular complexity index is 810. The van der Waals surface area contributed by atoms with E-state index in [1.54, 1.807) is 96.3 Å². The van der Waals surface area contributed by atoms with E-state index in [4.69, 9.17) is 0 Å². The molecule has 0 aromatic rings. The minimum atomic E-state index is 1.01. The van der Waals surface area contributed by atoms with Crippen molar-refractivity contribution in [3.63, 3.8) is 0 Å². The first kappa shape index (κ1) is 52.3. The third-order valence-electron chi connectivity index (χ3n) is 17.5. The smallest absolute Gasteiger partial charge is 0.0383 e. The second-order valence-electron chi connectivity index (χ2n) is 22.1. The third kappa shape index (κ3) is 22.4. The molecule has 344 valence electrons. The fourth-order valence-electron chi connectivity index (χ4n) is 13.6. The fraction of sp³-hybridized carbons (Fsp3) is 1.00. The third-order valence-corrected chi connectivity index (χ3v) is 17.5. The second-order valence-corrected chi connectivity index (χ2v) is 22.1. The molecule has 2 atom stereocenters. The molecule has 0 heterocycles. The summed E-state index contributed by atoms with van der Waals surface area (Å²) in [6, 6.07) is 0. The summed E-state index contributed by atoms with van der Waals surface area (Å²) >= 11 is 0. The molecule has 0 N–H and O–H groups in total. The van der Waals surface area contributed by atoms with Crippen LogP contribution in [0.4, 0.5) is 0 Å². The Kier molecular flexibility index (Phi) is 30.3. The fourth-order valence-corrected chi connectivity index (χ4v) is 13.6. The SMILES string of the molecule is CC.CC.CC1CCCC(C2CCCCCC(C3CC3)C2)CCC1.CC1CCCC(C2CCCCCCC2)CCC1.CC1CCCC(C2CCCCCCC2)CCC1. The highest BCUT2D eigenvalue weighted by Gasteiger charge is 2.35. The lowest BCUT2D eigenvalue weighted by Gasteiger charge is -2.34. The Morgan fingerprint density at radius 1 is 0.172 bits per heavy atom. The largest absolute Gasteiger partial charge is 0.0683 e. The monoisotopic (exact) mass is 809 g/mol. The zero-order chi connectivity index (χ0) is 41.6. The highest BCUT2D eigenvalue weighted by molar-refractivity contribution is 4.86. The first-order valence-corrected chi connectivity index (χ1v) is 28.5. The molecule has 7 aliphatic carbocycles. The van der Waals surface area contributed by atoms with Crippen LogP contribution in [0.1, 0.15) is 305 Å². The predicted molar refractivity (Wildman–Crippen MR) is 263 cm³/mol. The van der Waals surface area contributed by atoms with E-state index in [1.165, 1.54) is 161 Å². The van der Waals surface area contributed by atoms with Crippen LogP contribution in [0.15, 0.2) is 0 Å². The van der Waals surface area contributed by atoms with Gasteiger partial charge in [-0.2, -0.15) is 0 Å². The second kappa shape index (κ2) is 33.5. The minimum absolute atomic E-state index is 1.01. The average Bonchev–Trinajstić information content (AvgIpc) is 4.02. The van der Waals surface area contributed by atoms with E-state index >= 15 is 0 Å². The Balaban J connectivity index is 0.000000224. The first-order chi connectivity index (χ1) is 28.5. The minimum Gasteiger partial charge on any atom is -0.0683 e. The van der Waals surface area contributed by atoms with Gasteiger partial charge in [0.2, 0.25) is 0 Å². The molecule has 7 aliphatic rings. The van der Waals surface area contributed by atoms with Crippen LogP contribution in [-0.2, 0) is 0 Å². The van der Waals surface area contributed by atoms with Crippen molar-refractivity contribution in [2.75, 3.05) is 0 Å². The molecule has 7 saturated carbocycles. The molecular weight excluding hydrogens is 697 g/mol. The van der Waals surface area contributed by atoms with Crippen LogP contribution >= 0.6 is 0 Å². The van der Waals surface area contributed by atoms with E-state index < -0.39 is 0 Å². The molecule has 7 fully saturated rings. The van der Waals surface area contributed by atoms with Gasteiger partial charge in [-0.25, -0.2) is 0 Å².